The van der Waals surface area contributed by atoms with Gasteiger partial charge in [0.2, 0.25) is 0 Å². The number of unbranched alkanes of at least 4 members (excludes halogenated alkanes) is 1. The normalized spacial score (nSPS) is 11.0. The third-order valence-corrected chi connectivity index (χ3v) is 3.66. The summed E-state index contributed by atoms with van der Waals surface area (Å²) in [4.78, 5) is 6.33. The predicted octanol–water partition coefficient (Wildman–Crippen LogP) is 2.87. The number of anilines is 1. The van der Waals surface area contributed by atoms with Crippen LogP contribution in [-0.4, -0.2) is 60.1 Å². The fraction of sp³-hybridized carbons (Fsp3) is 0.632. The molecule has 0 aliphatic rings. The molecule has 150 valence electrons. The average molecular weight is 478 g/mol. The fourth-order valence-electron chi connectivity index (χ4n) is 2.16. The minimum atomic E-state index is 0. The van der Waals surface area contributed by atoms with Crippen molar-refractivity contribution in [1.82, 2.24) is 10.6 Å². The zero-order chi connectivity index (χ0) is 18.3. The molecule has 1 rings (SSSR count). The second kappa shape index (κ2) is 16.1. The zero-order valence-corrected chi connectivity index (χ0v) is 18.9. The number of aliphatic imine (C=N–C) groups is 1. The van der Waals surface area contributed by atoms with E-state index in [1.54, 1.807) is 7.05 Å². The van der Waals surface area contributed by atoms with Gasteiger partial charge in [0, 0.05) is 46.5 Å². The topological polar surface area (TPSA) is 58.1 Å². The SMILES string of the molecule is CCCCOCCOCCNC(=NC)NCc1cccc(N(C)C)c1.I. The Morgan fingerprint density at radius 2 is 1.81 bits per heavy atom. The molecule has 0 aliphatic carbocycles. The van der Waals surface area contributed by atoms with Crippen LogP contribution in [0.1, 0.15) is 25.3 Å². The number of hydrogen-bond donors (Lipinski definition) is 2. The summed E-state index contributed by atoms with van der Waals surface area (Å²) in [7, 11) is 5.86. The number of rotatable bonds is 12. The highest BCUT2D eigenvalue weighted by Crippen LogP contribution is 2.12. The third-order valence-electron chi connectivity index (χ3n) is 3.66. The van der Waals surface area contributed by atoms with Gasteiger partial charge >= 0.3 is 0 Å². The molecule has 0 aromatic heterocycles. The van der Waals surface area contributed by atoms with Crippen molar-refractivity contribution in [3.05, 3.63) is 29.8 Å². The summed E-state index contributed by atoms with van der Waals surface area (Å²) in [5, 5.41) is 6.57. The van der Waals surface area contributed by atoms with Crippen LogP contribution in [0.4, 0.5) is 5.69 Å². The van der Waals surface area contributed by atoms with Crippen molar-refractivity contribution < 1.29 is 9.47 Å². The van der Waals surface area contributed by atoms with Crippen LogP contribution in [0.2, 0.25) is 0 Å². The Hall–Kier alpha value is -1.06. The Bertz CT molecular complexity index is 498. The smallest absolute Gasteiger partial charge is 0.191 e. The van der Waals surface area contributed by atoms with E-state index in [-0.39, 0.29) is 24.0 Å². The maximum atomic E-state index is 5.54. The summed E-state index contributed by atoms with van der Waals surface area (Å²) in [5.74, 6) is 0.776. The minimum absolute atomic E-state index is 0. The molecule has 1 aromatic rings. The molecule has 7 heteroatoms. The quantitative estimate of drug-likeness (QED) is 0.210. The number of hydrogen-bond acceptors (Lipinski definition) is 4. The molecular formula is C19H35IN4O2. The summed E-state index contributed by atoms with van der Waals surface area (Å²) in [6.45, 7) is 6.35. The first-order valence-electron chi connectivity index (χ1n) is 9.03. The van der Waals surface area contributed by atoms with E-state index in [1.807, 2.05) is 14.1 Å². The molecule has 0 fully saturated rings. The number of nitrogens with zero attached hydrogens (tertiary/aromatic N) is 2. The van der Waals surface area contributed by atoms with Gasteiger partial charge in [-0.2, -0.15) is 0 Å². The van der Waals surface area contributed by atoms with E-state index >= 15 is 0 Å². The van der Waals surface area contributed by atoms with E-state index in [9.17, 15) is 0 Å². The molecule has 0 atom stereocenters. The van der Waals surface area contributed by atoms with E-state index in [0.29, 0.717) is 26.4 Å². The molecule has 0 amide bonds. The van der Waals surface area contributed by atoms with Crippen molar-refractivity contribution in [1.29, 1.82) is 0 Å². The highest BCUT2D eigenvalue weighted by Gasteiger charge is 2.00. The number of halogens is 1. The van der Waals surface area contributed by atoms with Gasteiger partial charge in [0.15, 0.2) is 5.96 Å². The van der Waals surface area contributed by atoms with Crippen LogP contribution in [-0.2, 0) is 16.0 Å². The van der Waals surface area contributed by atoms with Gasteiger partial charge in [-0.15, -0.1) is 24.0 Å². The van der Waals surface area contributed by atoms with Gasteiger partial charge in [-0.05, 0) is 24.1 Å². The zero-order valence-electron chi connectivity index (χ0n) is 16.6. The van der Waals surface area contributed by atoms with Crippen molar-refractivity contribution in [2.45, 2.75) is 26.3 Å². The molecule has 0 saturated carbocycles. The molecular weight excluding hydrogens is 443 g/mol. The van der Waals surface area contributed by atoms with E-state index in [4.69, 9.17) is 9.47 Å². The van der Waals surface area contributed by atoms with Crippen LogP contribution in [0, 0.1) is 0 Å². The maximum absolute atomic E-state index is 5.54. The van der Waals surface area contributed by atoms with Gasteiger partial charge in [0.25, 0.3) is 0 Å². The number of ether oxygens (including phenoxy) is 2. The first-order chi connectivity index (χ1) is 12.2. The summed E-state index contributed by atoms with van der Waals surface area (Å²) in [5.41, 5.74) is 2.41. The van der Waals surface area contributed by atoms with E-state index in [0.717, 1.165) is 32.0 Å². The lowest BCUT2D eigenvalue weighted by Crippen LogP contribution is -2.38. The highest BCUT2D eigenvalue weighted by molar-refractivity contribution is 14.0. The molecule has 1 aromatic carbocycles. The Labute approximate surface area is 175 Å². The second-order valence-corrected chi connectivity index (χ2v) is 6.00. The van der Waals surface area contributed by atoms with Crippen LogP contribution in [0.5, 0.6) is 0 Å². The van der Waals surface area contributed by atoms with E-state index in [1.165, 1.54) is 11.3 Å². The monoisotopic (exact) mass is 478 g/mol. The number of guanidine groups is 1. The first kappa shape index (κ1) is 24.9. The van der Waals surface area contributed by atoms with Gasteiger partial charge in [0.05, 0.1) is 19.8 Å². The number of benzene rings is 1. The standard InChI is InChI=1S/C19H34N4O2.HI/c1-5-6-11-24-13-14-25-12-10-21-19(20-2)22-16-17-8-7-9-18(15-17)23(3)4;/h7-9,15H,5-6,10-14,16H2,1-4H3,(H2,20,21,22);1H. The van der Waals surface area contributed by atoms with Crippen LogP contribution >= 0.6 is 24.0 Å². The van der Waals surface area contributed by atoms with Gasteiger partial charge in [-0.3, -0.25) is 4.99 Å². The lowest BCUT2D eigenvalue weighted by Gasteiger charge is -2.15. The lowest BCUT2D eigenvalue weighted by atomic mass is 10.2. The van der Waals surface area contributed by atoms with Crippen LogP contribution < -0.4 is 15.5 Å². The highest BCUT2D eigenvalue weighted by atomic mass is 127. The average Bonchev–Trinajstić information content (AvgIpc) is 2.63. The Morgan fingerprint density at radius 1 is 1.08 bits per heavy atom. The maximum Gasteiger partial charge on any atom is 0.191 e. The summed E-state index contributed by atoms with van der Waals surface area (Å²) < 4.78 is 11.0. The summed E-state index contributed by atoms with van der Waals surface area (Å²) in [6.07, 6.45) is 2.28. The Morgan fingerprint density at radius 3 is 2.46 bits per heavy atom. The molecule has 0 spiro atoms. The predicted molar refractivity (Wildman–Crippen MR) is 121 cm³/mol. The molecule has 0 saturated heterocycles. The largest absolute Gasteiger partial charge is 0.379 e. The Balaban J connectivity index is 0.00000625. The van der Waals surface area contributed by atoms with Gasteiger partial charge in [-0.25, -0.2) is 0 Å². The second-order valence-electron chi connectivity index (χ2n) is 6.00. The number of nitrogens with one attached hydrogen (secondary N) is 2. The Kier molecular flexibility index (Phi) is 15.5. The molecule has 26 heavy (non-hydrogen) atoms. The van der Waals surface area contributed by atoms with Crippen LogP contribution in [0.15, 0.2) is 29.3 Å². The minimum Gasteiger partial charge on any atom is -0.379 e. The first-order valence-corrected chi connectivity index (χ1v) is 9.03. The molecule has 0 radical (unpaired) electrons. The molecule has 0 aliphatic heterocycles. The van der Waals surface area contributed by atoms with Crippen LogP contribution in [0.25, 0.3) is 0 Å². The summed E-state index contributed by atoms with van der Waals surface area (Å²) in [6, 6.07) is 8.44. The molecule has 0 unspecified atom stereocenters. The fourth-order valence-corrected chi connectivity index (χ4v) is 2.16. The molecule has 0 heterocycles. The van der Waals surface area contributed by atoms with Crippen molar-refractivity contribution in [3.63, 3.8) is 0 Å². The van der Waals surface area contributed by atoms with Crippen molar-refractivity contribution >= 4 is 35.6 Å². The van der Waals surface area contributed by atoms with E-state index in [2.05, 4.69) is 51.7 Å². The molecule has 0 bridgehead atoms. The molecule has 2 N–H and O–H groups in total. The van der Waals surface area contributed by atoms with Gasteiger partial charge < -0.3 is 25.0 Å². The molecule has 6 nitrogen and oxygen atoms in total. The van der Waals surface area contributed by atoms with Crippen molar-refractivity contribution in [2.75, 3.05) is 59.0 Å². The van der Waals surface area contributed by atoms with Crippen LogP contribution in [0.3, 0.4) is 0 Å². The third kappa shape index (κ3) is 11.5. The van der Waals surface area contributed by atoms with Crippen molar-refractivity contribution in [2.24, 2.45) is 4.99 Å². The summed E-state index contributed by atoms with van der Waals surface area (Å²) >= 11 is 0. The van der Waals surface area contributed by atoms with Gasteiger partial charge in [-0.1, -0.05) is 25.5 Å². The van der Waals surface area contributed by atoms with Crippen molar-refractivity contribution in [3.8, 4) is 0 Å². The van der Waals surface area contributed by atoms with Gasteiger partial charge in [0.1, 0.15) is 0 Å². The lowest BCUT2D eigenvalue weighted by molar-refractivity contribution is 0.0487. The van der Waals surface area contributed by atoms with E-state index < -0.39 is 0 Å².